The summed E-state index contributed by atoms with van der Waals surface area (Å²) < 4.78 is 0. The number of thiazole rings is 1. The van der Waals surface area contributed by atoms with Crippen LogP contribution in [-0.2, 0) is 0 Å². The fraction of sp³-hybridized carbons (Fsp3) is 0.182. The predicted molar refractivity (Wildman–Crippen MR) is 68.8 cm³/mol. The molecule has 0 spiro atoms. The third-order valence-electron chi connectivity index (χ3n) is 2.45. The van der Waals surface area contributed by atoms with Gasteiger partial charge in [-0.25, -0.2) is 14.6 Å². The Balaban J connectivity index is 2.54. The van der Waals surface area contributed by atoms with Crippen LogP contribution in [0.25, 0.3) is 9.88 Å². The quantitative estimate of drug-likeness (QED) is 0.904. The third kappa shape index (κ3) is 2.02. The van der Waals surface area contributed by atoms with Gasteiger partial charge in [-0.05, 0) is 19.4 Å². The van der Waals surface area contributed by atoms with Gasteiger partial charge < -0.3 is 10.2 Å². The van der Waals surface area contributed by atoms with Gasteiger partial charge in [-0.2, -0.15) is 0 Å². The molecule has 2 aromatic rings. The van der Waals surface area contributed by atoms with Gasteiger partial charge >= 0.3 is 11.9 Å². The van der Waals surface area contributed by atoms with E-state index in [1.807, 2.05) is 0 Å². The second-order valence-corrected chi connectivity index (χ2v) is 5.72. The number of hydrogen-bond acceptors (Lipinski definition) is 5. The summed E-state index contributed by atoms with van der Waals surface area (Å²) in [5, 5.41) is 19.9. The van der Waals surface area contributed by atoms with E-state index in [0.29, 0.717) is 15.4 Å². The molecule has 7 heteroatoms. The van der Waals surface area contributed by atoms with Crippen LogP contribution in [0.3, 0.4) is 0 Å². The molecule has 2 aromatic heterocycles. The number of aromatic nitrogens is 1. The van der Waals surface area contributed by atoms with Gasteiger partial charge in [0.15, 0.2) is 5.69 Å². The Morgan fingerprint density at radius 3 is 2.33 bits per heavy atom. The number of nitrogens with zero attached hydrogens (tertiary/aromatic N) is 1. The van der Waals surface area contributed by atoms with Crippen LogP contribution in [0.2, 0.25) is 0 Å². The van der Waals surface area contributed by atoms with Crippen molar-refractivity contribution in [3.05, 3.63) is 27.1 Å². The number of carboxylic acids is 2. The number of rotatable bonds is 3. The number of carboxylic acid groups (broad SMARTS) is 2. The third-order valence-corrected chi connectivity index (χ3v) is 4.66. The number of thiophene rings is 1. The average molecular weight is 283 g/mol. The van der Waals surface area contributed by atoms with Crippen molar-refractivity contribution in [3.63, 3.8) is 0 Å². The molecule has 0 aliphatic rings. The molecule has 0 aliphatic carbocycles. The summed E-state index contributed by atoms with van der Waals surface area (Å²) in [5.74, 6) is -2.05. The van der Waals surface area contributed by atoms with E-state index in [-0.39, 0.29) is 11.3 Å². The van der Waals surface area contributed by atoms with Crippen LogP contribution in [0, 0.1) is 13.8 Å². The Labute approximate surface area is 110 Å². The van der Waals surface area contributed by atoms with Crippen LogP contribution in [-0.4, -0.2) is 27.1 Å². The second-order valence-electron chi connectivity index (χ2n) is 3.64. The number of hydrogen-bond donors (Lipinski definition) is 2. The predicted octanol–water partition coefficient (Wildman–Crippen LogP) is 2.88. The van der Waals surface area contributed by atoms with Gasteiger partial charge in [-0.3, -0.25) is 0 Å². The van der Waals surface area contributed by atoms with Crippen LogP contribution in [0.5, 0.6) is 0 Å². The molecule has 2 heterocycles. The van der Waals surface area contributed by atoms with Crippen LogP contribution in [0.1, 0.15) is 31.3 Å². The largest absolute Gasteiger partial charge is 0.478 e. The number of carbonyl (C=O) groups is 2. The molecule has 0 radical (unpaired) electrons. The Morgan fingerprint density at radius 2 is 1.89 bits per heavy atom. The lowest BCUT2D eigenvalue weighted by Crippen LogP contribution is -1.98. The average Bonchev–Trinajstić information content (AvgIpc) is 2.83. The van der Waals surface area contributed by atoms with Gasteiger partial charge in [0.05, 0.1) is 10.4 Å². The van der Waals surface area contributed by atoms with E-state index in [2.05, 4.69) is 4.98 Å². The molecule has 5 nitrogen and oxygen atoms in total. The summed E-state index contributed by atoms with van der Waals surface area (Å²) in [4.78, 5) is 27.3. The van der Waals surface area contributed by atoms with Crippen molar-refractivity contribution < 1.29 is 19.8 Å². The van der Waals surface area contributed by atoms with Crippen LogP contribution >= 0.6 is 22.7 Å². The minimum absolute atomic E-state index is 0.0164. The highest BCUT2D eigenvalue weighted by Gasteiger charge is 2.21. The molecule has 0 fully saturated rings. The molecule has 18 heavy (non-hydrogen) atoms. The smallest absolute Gasteiger partial charge is 0.355 e. The normalized spacial score (nSPS) is 10.6. The van der Waals surface area contributed by atoms with E-state index >= 15 is 0 Å². The molecule has 0 saturated heterocycles. The molecule has 94 valence electrons. The molecular weight excluding hydrogens is 274 g/mol. The van der Waals surface area contributed by atoms with Crippen LogP contribution in [0.4, 0.5) is 0 Å². The number of aromatic carboxylic acids is 2. The van der Waals surface area contributed by atoms with Crippen molar-refractivity contribution in [3.8, 4) is 9.88 Å². The minimum Gasteiger partial charge on any atom is -0.478 e. The first-order valence-electron chi connectivity index (χ1n) is 4.94. The minimum atomic E-state index is -1.08. The van der Waals surface area contributed by atoms with E-state index in [0.717, 1.165) is 4.88 Å². The zero-order chi connectivity index (χ0) is 13.4. The Bertz CT molecular complexity index is 642. The fourth-order valence-electron chi connectivity index (χ4n) is 1.65. The van der Waals surface area contributed by atoms with Crippen LogP contribution < -0.4 is 0 Å². The highest BCUT2D eigenvalue weighted by molar-refractivity contribution is 7.21. The van der Waals surface area contributed by atoms with Gasteiger partial charge in [-0.1, -0.05) is 0 Å². The standard InChI is InChI=1S/C11H9NO4S2/c1-4-7(11(15)16)5(2)18-8(4)9-12-6(3-17-9)10(13)14/h3H,1-2H3,(H,13,14)(H,15,16). The first kappa shape index (κ1) is 12.7. The zero-order valence-electron chi connectivity index (χ0n) is 9.55. The van der Waals surface area contributed by atoms with Gasteiger partial charge in [0.25, 0.3) is 0 Å². The van der Waals surface area contributed by atoms with Crippen molar-refractivity contribution >= 4 is 34.6 Å². The summed E-state index contributed by atoms with van der Waals surface area (Å²) in [6.45, 7) is 3.44. The summed E-state index contributed by atoms with van der Waals surface area (Å²) in [5.41, 5.74) is 0.899. The Kier molecular flexibility index (Phi) is 3.18. The van der Waals surface area contributed by atoms with E-state index in [4.69, 9.17) is 10.2 Å². The molecule has 0 saturated carbocycles. The van der Waals surface area contributed by atoms with E-state index in [1.165, 1.54) is 28.1 Å². The summed E-state index contributed by atoms with van der Waals surface area (Å²) in [6, 6.07) is 0. The maximum absolute atomic E-state index is 11.1. The van der Waals surface area contributed by atoms with E-state index in [1.54, 1.807) is 13.8 Å². The molecular formula is C11H9NO4S2. The fourth-order valence-corrected chi connectivity index (χ4v) is 3.74. The van der Waals surface area contributed by atoms with Crippen molar-refractivity contribution in [1.82, 2.24) is 4.98 Å². The Hall–Kier alpha value is -1.73. The maximum atomic E-state index is 11.1. The lowest BCUT2D eigenvalue weighted by Gasteiger charge is -1.95. The van der Waals surface area contributed by atoms with Crippen LogP contribution in [0.15, 0.2) is 5.38 Å². The first-order chi connectivity index (χ1) is 8.41. The highest BCUT2D eigenvalue weighted by atomic mass is 32.1. The van der Waals surface area contributed by atoms with Gasteiger partial charge in [-0.15, -0.1) is 22.7 Å². The second kappa shape index (κ2) is 4.51. The molecule has 0 aromatic carbocycles. The lowest BCUT2D eigenvalue weighted by molar-refractivity contribution is 0.0682. The maximum Gasteiger partial charge on any atom is 0.355 e. The first-order valence-corrected chi connectivity index (χ1v) is 6.64. The van der Waals surface area contributed by atoms with Crippen molar-refractivity contribution in [2.24, 2.45) is 0 Å². The molecule has 2 rings (SSSR count). The topological polar surface area (TPSA) is 87.5 Å². The monoisotopic (exact) mass is 283 g/mol. The van der Waals surface area contributed by atoms with Crippen molar-refractivity contribution in [2.75, 3.05) is 0 Å². The highest BCUT2D eigenvalue weighted by Crippen LogP contribution is 2.37. The van der Waals surface area contributed by atoms with Gasteiger partial charge in [0.2, 0.25) is 0 Å². The molecule has 0 unspecified atom stereocenters. The summed E-state index contributed by atoms with van der Waals surface area (Å²) in [6.07, 6.45) is 0. The van der Waals surface area contributed by atoms with Gasteiger partial charge in [0, 0.05) is 10.3 Å². The molecule has 0 aliphatic heterocycles. The summed E-state index contributed by atoms with van der Waals surface area (Å²) in [7, 11) is 0. The van der Waals surface area contributed by atoms with Gasteiger partial charge in [0.1, 0.15) is 5.01 Å². The molecule has 0 bridgehead atoms. The molecule has 0 atom stereocenters. The van der Waals surface area contributed by atoms with E-state index in [9.17, 15) is 9.59 Å². The SMILES string of the molecule is Cc1sc(-c2nc(C(=O)O)cs2)c(C)c1C(=O)O. The zero-order valence-corrected chi connectivity index (χ0v) is 11.2. The van der Waals surface area contributed by atoms with Crippen molar-refractivity contribution in [1.29, 1.82) is 0 Å². The number of aryl methyl sites for hydroxylation is 1. The van der Waals surface area contributed by atoms with E-state index < -0.39 is 11.9 Å². The summed E-state index contributed by atoms with van der Waals surface area (Å²) >= 11 is 2.53. The molecule has 2 N–H and O–H groups in total. The lowest BCUT2D eigenvalue weighted by atomic mass is 10.1. The molecule has 0 amide bonds. The van der Waals surface area contributed by atoms with Crippen molar-refractivity contribution in [2.45, 2.75) is 13.8 Å². The Morgan fingerprint density at radius 1 is 1.22 bits per heavy atom.